The minimum atomic E-state index is -4.03. The average molecular weight is 224 g/mol. The molecule has 14 heavy (non-hydrogen) atoms. The van der Waals surface area contributed by atoms with Crippen molar-refractivity contribution in [1.82, 2.24) is 4.31 Å². The van der Waals surface area contributed by atoms with Gasteiger partial charge in [-0.05, 0) is 6.92 Å². The van der Waals surface area contributed by atoms with Gasteiger partial charge in [0.1, 0.15) is 0 Å². The summed E-state index contributed by atoms with van der Waals surface area (Å²) in [6.45, 7) is 2.06. The molecule has 1 aliphatic heterocycles. The van der Waals surface area contributed by atoms with Crippen molar-refractivity contribution in [2.75, 3.05) is 20.2 Å². The van der Waals surface area contributed by atoms with Gasteiger partial charge in [-0.2, -0.15) is 12.7 Å². The summed E-state index contributed by atoms with van der Waals surface area (Å²) in [5.41, 5.74) is 4.09. The number of nitrogens with zero attached hydrogens (tertiary/aromatic N) is 1. The first-order chi connectivity index (χ1) is 6.29. The molecule has 1 heterocycles. The van der Waals surface area contributed by atoms with Crippen LogP contribution in [0.4, 0.5) is 4.79 Å². The molecule has 1 amide bonds. The van der Waals surface area contributed by atoms with Crippen molar-refractivity contribution in [2.24, 2.45) is 5.73 Å². The second-order valence-electron chi connectivity index (χ2n) is 3.28. The molecule has 0 aromatic carbocycles. The van der Waals surface area contributed by atoms with Crippen LogP contribution in [-0.2, 0) is 19.2 Å². The molecule has 0 bridgehead atoms. The van der Waals surface area contributed by atoms with Crippen LogP contribution in [0.15, 0.2) is 0 Å². The van der Waals surface area contributed by atoms with Gasteiger partial charge in [-0.3, -0.25) is 0 Å². The van der Waals surface area contributed by atoms with E-state index in [1.165, 1.54) is 7.11 Å². The maximum Gasteiger partial charge on any atom is 0.421 e. The number of hydrogen-bond acceptors (Lipinski definition) is 5. The molecule has 0 aliphatic carbocycles. The van der Waals surface area contributed by atoms with E-state index in [0.717, 1.165) is 4.31 Å². The molecule has 0 atom stereocenters. The monoisotopic (exact) mass is 224 g/mol. The van der Waals surface area contributed by atoms with Crippen LogP contribution in [0.25, 0.3) is 0 Å². The first-order valence-corrected chi connectivity index (χ1v) is 5.20. The number of ether oxygens (including phenoxy) is 1. The number of nitrogens with two attached hydrogens (primary N) is 1. The lowest BCUT2D eigenvalue weighted by atomic mass is 10.0. The maximum absolute atomic E-state index is 11.2. The van der Waals surface area contributed by atoms with Crippen molar-refractivity contribution < 1.29 is 22.1 Å². The molecule has 1 rings (SSSR count). The lowest BCUT2D eigenvalue weighted by Crippen LogP contribution is -2.63. The number of carbonyl (C=O) groups excluding carboxylic acids is 1. The Morgan fingerprint density at radius 1 is 1.50 bits per heavy atom. The zero-order chi connectivity index (χ0) is 11.0. The van der Waals surface area contributed by atoms with Gasteiger partial charge in [-0.25, -0.2) is 4.79 Å². The molecular weight excluding hydrogens is 212 g/mol. The number of rotatable bonds is 3. The van der Waals surface area contributed by atoms with Gasteiger partial charge in [0.25, 0.3) is 0 Å². The lowest BCUT2D eigenvalue weighted by molar-refractivity contribution is -0.0795. The van der Waals surface area contributed by atoms with Crippen LogP contribution in [0, 0.1) is 0 Å². The van der Waals surface area contributed by atoms with E-state index >= 15 is 0 Å². The Hall–Kier alpha value is -0.860. The van der Waals surface area contributed by atoms with Crippen LogP contribution in [0.5, 0.6) is 0 Å². The summed E-state index contributed by atoms with van der Waals surface area (Å²) in [6.07, 6.45) is -1.34. The summed E-state index contributed by atoms with van der Waals surface area (Å²) >= 11 is 0. The first-order valence-electron chi connectivity index (χ1n) is 3.83. The molecule has 82 valence electrons. The zero-order valence-electron chi connectivity index (χ0n) is 7.89. The second-order valence-corrected chi connectivity index (χ2v) is 4.82. The fraction of sp³-hybridized carbons (Fsp3) is 0.833. The largest absolute Gasteiger partial charge is 0.421 e. The SMILES string of the molecule is COC1(C)CN(S(=O)(=O)OC(N)=O)C1. The third kappa shape index (κ3) is 2.14. The van der Waals surface area contributed by atoms with Crippen molar-refractivity contribution in [2.45, 2.75) is 12.5 Å². The molecule has 2 N–H and O–H groups in total. The summed E-state index contributed by atoms with van der Waals surface area (Å²) in [6, 6.07) is 0. The number of carbonyl (C=O) groups is 1. The van der Waals surface area contributed by atoms with E-state index in [1.54, 1.807) is 6.92 Å². The molecular formula is C6H12N2O5S. The molecule has 0 radical (unpaired) electrons. The first kappa shape index (κ1) is 11.2. The van der Waals surface area contributed by atoms with Gasteiger partial charge in [0.15, 0.2) is 0 Å². The highest BCUT2D eigenvalue weighted by Gasteiger charge is 2.46. The minimum absolute atomic E-state index is 0.152. The molecule has 0 unspecified atom stereocenters. The number of hydrogen-bond donors (Lipinski definition) is 1. The van der Waals surface area contributed by atoms with Gasteiger partial charge in [0.2, 0.25) is 0 Å². The van der Waals surface area contributed by atoms with Crippen molar-refractivity contribution in [1.29, 1.82) is 0 Å². The predicted octanol–water partition coefficient (Wildman–Crippen LogP) is -0.953. The smallest absolute Gasteiger partial charge is 0.376 e. The predicted molar refractivity (Wildman–Crippen MR) is 46.6 cm³/mol. The Labute approximate surface area is 82.0 Å². The Morgan fingerprint density at radius 3 is 2.36 bits per heavy atom. The van der Waals surface area contributed by atoms with Gasteiger partial charge in [0.05, 0.1) is 5.60 Å². The van der Waals surface area contributed by atoms with Crippen LogP contribution in [-0.4, -0.2) is 44.6 Å². The molecule has 1 saturated heterocycles. The van der Waals surface area contributed by atoms with Crippen LogP contribution in [0.3, 0.4) is 0 Å². The normalized spacial score (nSPS) is 21.3. The molecule has 0 spiro atoms. The highest BCUT2D eigenvalue weighted by atomic mass is 32.2. The molecule has 7 nitrogen and oxygen atoms in total. The third-order valence-electron chi connectivity index (χ3n) is 2.02. The molecule has 1 aliphatic rings. The lowest BCUT2D eigenvalue weighted by Gasteiger charge is -2.44. The van der Waals surface area contributed by atoms with E-state index in [9.17, 15) is 13.2 Å². The zero-order valence-corrected chi connectivity index (χ0v) is 8.70. The Morgan fingerprint density at radius 2 is 2.00 bits per heavy atom. The molecule has 0 aromatic heterocycles. The minimum Gasteiger partial charge on any atom is -0.376 e. The fourth-order valence-corrected chi connectivity index (χ4v) is 2.32. The summed E-state index contributed by atoms with van der Waals surface area (Å²) < 4.78 is 32.3. The summed E-state index contributed by atoms with van der Waals surface area (Å²) in [7, 11) is -2.54. The van der Waals surface area contributed by atoms with Gasteiger partial charge < -0.3 is 14.7 Å². The third-order valence-corrected chi connectivity index (χ3v) is 3.28. The van der Waals surface area contributed by atoms with Crippen LogP contribution in [0.1, 0.15) is 6.92 Å². The number of amides is 1. The number of methoxy groups -OCH3 is 1. The van der Waals surface area contributed by atoms with Crippen LogP contribution < -0.4 is 5.73 Å². The van der Waals surface area contributed by atoms with Crippen LogP contribution in [0.2, 0.25) is 0 Å². The van der Waals surface area contributed by atoms with E-state index in [2.05, 4.69) is 9.92 Å². The second kappa shape index (κ2) is 3.37. The average Bonchev–Trinajstić information content (AvgIpc) is 1.96. The van der Waals surface area contributed by atoms with E-state index in [1.807, 2.05) is 0 Å². The highest BCUT2D eigenvalue weighted by molar-refractivity contribution is 7.84. The molecule has 1 fully saturated rings. The van der Waals surface area contributed by atoms with E-state index in [0.29, 0.717) is 0 Å². The van der Waals surface area contributed by atoms with Gasteiger partial charge in [0, 0.05) is 20.2 Å². The van der Waals surface area contributed by atoms with E-state index in [4.69, 9.17) is 4.74 Å². The summed E-state index contributed by atoms with van der Waals surface area (Å²) in [5.74, 6) is 0. The van der Waals surface area contributed by atoms with Crippen molar-refractivity contribution >= 4 is 16.4 Å². The quantitative estimate of drug-likeness (QED) is 0.666. The van der Waals surface area contributed by atoms with Gasteiger partial charge in [-0.1, -0.05) is 0 Å². The van der Waals surface area contributed by atoms with E-state index in [-0.39, 0.29) is 13.1 Å². The molecule has 8 heteroatoms. The molecule has 0 saturated carbocycles. The van der Waals surface area contributed by atoms with Crippen LogP contribution >= 0.6 is 0 Å². The Bertz CT molecular complexity index is 332. The summed E-state index contributed by atoms with van der Waals surface area (Å²) in [5, 5.41) is 0. The Balaban J connectivity index is 2.59. The van der Waals surface area contributed by atoms with Gasteiger partial charge >= 0.3 is 16.4 Å². The highest BCUT2D eigenvalue weighted by Crippen LogP contribution is 2.26. The van der Waals surface area contributed by atoms with Crippen molar-refractivity contribution in [3.8, 4) is 0 Å². The van der Waals surface area contributed by atoms with Gasteiger partial charge in [-0.15, -0.1) is 0 Å². The number of primary amides is 1. The standard InChI is InChI=1S/C6H12N2O5S/c1-6(12-2)3-8(4-6)14(10,11)13-5(7)9/h3-4H2,1-2H3,(H2,7,9). The fourth-order valence-electron chi connectivity index (χ4n) is 1.14. The Kier molecular flexibility index (Phi) is 2.70. The van der Waals surface area contributed by atoms with E-state index < -0.39 is 22.0 Å². The molecule has 0 aromatic rings. The maximum atomic E-state index is 11.2. The topological polar surface area (TPSA) is 98.9 Å². The summed E-state index contributed by atoms with van der Waals surface area (Å²) in [4.78, 5) is 10.3. The van der Waals surface area contributed by atoms with Crippen molar-refractivity contribution in [3.05, 3.63) is 0 Å². The van der Waals surface area contributed by atoms with Crippen molar-refractivity contribution in [3.63, 3.8) is 0 Å².